The number of nitrogens with one attached hydrogen (secondary N) is 1. The third-order valence-electron chi connectivity index (χ3n) is 6.42. The lowest BCUT2D eigenvalue weighted by molar-refractivity contribution is -0.143. The Morgan fingerprint density at radius 1 is 1.08 bits per heavy atom. The summed E-state index contributed by atoms with van der Waals surface area (Å²) in [5, 5.41) is 7.47. The number of carbonyl (C=O) groups excluding carboxylic acids is 3. The number of ether oxygens (including phenoxy) is 3. The average molecular weight is 531 g/mol. The first-order chi connectivity index (χ1) is 19.1. The number of rotatable bonds is 10. The van der Waals surface area contributed by atoms with Crippen molar-refractivity contribution < 1.29 is 28.6 Å². The number of aromatic nitrogens is 2. The topological polar surface area (TPSA) is 112 Å². The molecule has 2 aromatic carbocycles. The van der Waals surface area contributed by atoms with Crippen LogP contribution < -0.4 is 14.8 Å². The minimum Gasteiger partial charge on any atom is -0.486 e. The second-order valence-corrected chi connectivity index (χ2v) is 9.20. The molecule has 39 heavy (non-hydrogen) atoms. The molecule has 3 aromatic rings. The third kappa shape index (κ3) is 6.64. The van der Waals surface area contributed by atoms with Gasteiger partial charge in [0, 0.05) is 49.5 Å². The van der Waals surface area contributed by atoms with Gasteiger partial charge in [-0.25, -0.2) is 9.48 Å². The zero-order valence-corrected chi connectivity index (χ0v) is 21.5. The number of fused-ring (bicyclic) bond motifs is 1. The van der Waals surface area contributed by atoms with E-state index >= 15 is 0 Å². The van der Waals surface area contributed by atoms with Gasteiger partial charge in [0.25, 0.3) is 5.91 Å². The number of esters is 1. The Balaban J connectivity index is 1.21. The zero-order valence-electron chi connectivity index (χ0n) is 21.5. The van der Waals surface area contributed by atoms with Crippen molar-refractivity contribution in [2.24, 2.45) is 0 Å². The molecule has 0 atom stereocenters. The van der Waals surface area contributed by atoms with Crippen molar-refractivity contribution in [2.45, 2.75) is 19.3 Å². The molecule has 1 N–H and O–H groups in total. The number of hydrogen-bond donors (Lipinski definition) is 1. The van der Waals surface area contributed by atoms with Crippen LogP contribution in [0.4, 0.5) is 0 Å². The minimum absolute atomic E-state index is 0.161. The molecule has 0 aliphatic carbocycles. The predicted octanol–water partition coefficient (Wildman–Crippen LogP) is 3.00. The molecule has 0 bridgehead atoms. The van der Waals surface area contributed by atoms with Gasteiger partial charge in [0.15, 0.2) is 18.1 Å². The number of likely N-dealkylation sites (tertiary alicyclic amines) is 1. The molecule has 3 heterocycles. The van der Waals surface area contributed by atoms with E-state index in [1.54, 1.807) is 15.7 Å². The van der Waals surface area contributed by atoms with Crippen LogP contribution in [0.25, 0.3) is 23.0 Å². The normalized spacial score (nSPS) is 14.6. The molecule has 0 unspecified atom stereocenters. The molecular weight excluding hydrogens is 500 g/mol. The van der Waals surface area contributed by atoms with E-state index in [4.69, 9.17) is 19.3 Å². The Morgan fingerprint density at radius 3 is 2.69 bits per heavy atom. The van der Waals surface area contributed by atoms with Crippen LogP contribution in [0.15, 0.2) is 60.8 Å². The Kier molecular flexibility index (Phi) is 8.20. The third-order valence-corrected chi connectivity index (χ3v) is 6.42. The highest BCUT2D eigenvalue weighted by Crippen LogP contribution is 2.35. The Hall–Kier alpha value is -4.60. The highest BCUT2D eigenvalue weighted by atomic mass is 16.6. The van der Waals surface area contributed by atoms with E-state index in [1.807, 2.05) is 54.7 Å². The van der Waals surface area contributed by atoms with Crippen LogP contribution in [0.3, 0.4) is 0 Å². The summed E-state index contributed by atoms with van der Waals surface area (Å²) in [6.45, 7) is 2.39. The van der Waals surface area contributed by atoms with Crippen LogP contribution in [0.2, 0.25) is 0 Å². The fraction of sp³-hybridized carbons (Fsp3) is 0.310. The van der Waals surface area contributed by atoms with Crippen LogP contribution in [-0.4, -0.2) is 71.9 Å². The first-order valence-electron chi connectivity index (χ1n) is 13.0. The summed E-state index contributed by atoms with van der Waals surface area (Å²) in [6, 6.07) is 15.2. The van der Waals surface area contributed by atoms with Crippen molar-refractivity contribution in [3.63, 3.8) is 0 Å². The van der Waals surface area contributed by atoms with Crippen molar-refractivity contribution in [3.05, 3.63) is 66.4 Å². The van der Waals surface area contributed by atoms with Crippen LogP contribution in [-0.2, 0) is 19.1 Å². The van der Waals surface area contributed by atoms with Crippen molar-refractivity contribution in [3.8, 4) is 28.4 Å². The molecule has 2 aliphatic heterocycles. The fourth-order valence-electron chi connectivity index (χ4n) is 4.47. The number of benzene rings is 2. The molecule has 10 nitrogen and oxygen atoms in total. The summed E-state index contributed by atoms with van der Waals surface area (Å²) >= 11 is 0. The standard InChI is InChI=1S/C29H30N4O6/c34-26(30-13-5-15-32-14-4-8-27(32)35)20-39-28(36)12-10-22-19-33(23-6-2-1-3-7-23)31-29(22)21-9-11-24-25(18-21)38-17-16-37-24/h1-3,6-7,9-12,18-19H,4-5,8,13-17,20H2,(H,30,34). The maximum atomic E-state index is 12.4. The lowest BCUT2D eigenvalue weighted by atomic mass is 10.1. The van der Waals surface area contributed by atoms with Crippen LogP contribution in [0, 0.1) is 0 Å². The van der Waals surface area contributed by atoms with Crippen LogP contribution >= 0.6 is 0 Å². The second-order valence-electron chi connectivity index (χ2n) is 9.20. The summed E-state index contributed by atoms with van der Waals surface area (Å²) in [5.41, 5.74) is 3.00. The Bertz CT molecular complexity index is 1370. The maximum Gasteiger partial charge on any atom is 0.331 e. The molecule has 10 heteroatoms. The van der Waals surface area contributed by atoms with Gasteiger partial charge in [-0.1, -0.05) is 18.2 Å². The smallest absolute Gasteiger partial charge is 0.331 e. The molecular formula is C29H30N4O6. The van der Waals surface area contributed by atoms with Gasteiger partial charge < -0.3 is 24.4 Å². The second kappa shape index (κ2) is 12.3. The van der Waals surface area contributed by atoms with E-state index in [1.165, 1.54) is 6.08 Å². The molecule has 2 aliphatic rings. The van der Waals surface area contributed by atoms with E-state index in [2.05, 4.69) is 5.32 Å². The number of carbonyl (C=O) groups is 3. The zero-order chi connectivity index (χ0) is 27.0. The summed E-state index contributed by atoms with van der Waals surface area (Å²) in [6.07, 6.45) is 6.86. The van der Waals surface area contributed by atoms with Gasteiger partial charge in [-0.3, -0.25) is 9.59 Å². The first kappa shape index (κ1) is 26.0. The Morgan fingerprint density at radius 2 is 1.90 bits per heavy atom. The molecule has 202 valence electrons. The van der Waals surface area contributed by atoms with Gasteiger partial charge in [-0.2, -0.15) is 5.10 Å². The number of amides is 2. The summed E-state index contributed by atoms with van der Waals surface area (Å²) < 4.78 is 18.2. The van der Waals surface area contributed by atoms with Gasteiger partial charge in [-0.15, -0.1) is 0 Å². The van der Waals surface area contributed by atoms with E-state index in [0.717, 1.165) is 24.2 Å². The first-order valence-corrected chi connectivity index (χ1v) is 13.0. The highest BCUT2D eigenvalue weighted by molar-refractivity contribution is 5.90. The average Bonchev–Trinajstić information content (AvgIpc) is 3.59. The predicted molar refractivity (Wildman–Crippen MR) is 143 cm³/mol. The molecule has 1 fully saturated rings. The van der Waals surface area contributed by atoms with Crippen LogP contribution in [0.1, 0.15) is 24.8 Å². The van der Waals surface area contributed by atoms with Crippen molar-refractivity contribution in [1.29, 1.82) is 0 Å². The molecule has 5 rings (SSSR count). The van der Waals surface area contributed by atoms with Gasteiger partial charge >= 0.3 is 5.97 Å². The Labute approximate surface area is 226 Å². The maximum absolute atomic E-state index is 12.4. The van der Waals surface area contributed by atoms with Crippen molar-refractivity contribution >= 4 is 23.9 Å². The summed E-state index contributed by atoms with van der Waals surface area (Å²) in [5.74, 6) is 0.441. The van der Waals surface area contributed by atoms with Gasteiger partial charge in [0.05, 0.1) is 5.69 Å². The van der Waals surface area contributed by atoms with E-state index < -0.39 is 11.9 Å². The quantitative estimate of drug-likeness (QED) is 0.244. The van der Waals surface area contributed by atoms with E-state index in [-0.39, 0.29) is 12.5 Å². The highest BCUT2D eigenvalue weighted by Gasteiger charge is 2.19. The summed E-state index contributed by atoms with van der Waals surface area (Å²) in [7, 11) is 0. The van der Waals surface area contributed by atoms with E-state index in [0.29, 0.717) is 61.9 Å². The monoisotopic (exact) mass is 530 g/mol. The molecule has 1 aromatic heterocycles. The summed E-state index contributed by atoms with van der Waals surface area (Å²) in [4.78, 5) is 37.9. The van der Waals surface area contributed by atoms with Crippen molar-refractivity contribution in [1.82, 2.24) is 20.0 Å². The van der Waals surface area contributed by atoms with Gasteiger partial charge in [0.1, 0.15) is 18.9 Å². The number of para-hydroxylation sites is 1. The van der Waals surface area contributed by atoms with Gasteiger partial charge in [0.2, 0.25) is 5.91 Å². The fourth-order valence-corrected chi connectivity index (χ4v) is 4.47. The lowest BCUT2D eigenvalue weighted by Crippen LogP contribution is -2.32. The SMILES string of the molecule is O=C(COC(=O)C=Cc1cn(-c2ccccc2)nc1-c1ccc2c(c1)OCCO2)NCCCN1CCCC1=O. The largest absolute Gasteiger partial charge is 0.486 e. The van der Waals surface area contributed by atoms with E-state index in [9.17, 15) is 14.4 Å². The number of hydrogen-bond acceptors (Lipinski definition) is 7. The van der Waals surface area contributed by atoms with Crippen molar-refractivity contribution in [2.75, 3.05) is 39.5 Å². The molecule has 0 saturated carbocycles. The van der Waals surface area contributed by atoms with Crippen LogP contribution in [0.5, 0.6) is 11.5 Å². The lowest BCUT2D eigenvalue weighted by Gasteiger charge is -2.18. The number of nitrogens with zero attached hydrogens (tertiary/aromatic N) is 3. The van der Waals surface area contributed by atoms with Gasteiger partial charge in [-0.05, 0) is 49.2 Å². The molecule has 2 amide bonds. The molecule has 0 radical (unpaired) electrons. The molecule has 1 saturated heterocycles. The molecule has 0 spiro atoms. The minimum atomic E-state index is -0.645.